The molecule has 0 aliphatic rings. The zero-order chi connectivity index (χ0) is 8.69. The van der Waals surface area contributed by atoms with Crippen LogP contribution in [-0.4, -0.2) is 6.29 Å². The van der Waals surface area contributed by atoms with Gasteiger partial charge in [-0.3, -0.25) is 0 Å². The molecule has 60 valence electrons. The van der Waals surface area contributed by atoms with Gasteiger partial charge in [0, 0.05) is 0 Å². The van der Waals surface area contributed by atoms with Crippen molar-refractivity contribution in [2.75, 3.05) is 0 Å². The van der Waals surface area contributed by atoms with Gasteiger partial charge < -0.3 is 4.79 Å². The first-order valence-corrected chi connectivity index (χ1v) is 3.29. The number of carbonyl (C=O) groups excluding carboxylic acids is 1. The van der Waals surface area contributed by atoms with Gasteiger partial charge in [0.2, 0.25) is 0 Å². The number of rotatable bonds is 3. The Labute approximate surface area is 115 Å². The van der Waals surface area contributed by atoms with Crippen LogP contribution in [-0.2, 0) is 4.79 Å². The number of hydrogen-bond acceptors (Lipinski definition) is 1. The van der Waals surface area contributed by atoms with Gasteiger partial charge in [0.15, 0.2) is 0 Å². The first-order chi connectivity index (χ1) is 5.24. The summed E-state index contributed by atoms with van der Waals surface area (Å²) in [5, 5.41) is 0. The first-order valence-electron chi connectivity index (χ1n) is 3.29. The summed E-state index contributed by atoms with van der Waals surface area (Å²) >= 11 is 0. The maximum Gasteiger partial charge on any atom is 1.00 e. The average Bonchev–Trinajstić information content (AvgIpc) is 2.06. The molecular formula is C9H10FKO. The fourth-order valence-electron chi connectivity index (χ4n) is 0.455. The van der Waals surface area contributed by atoms with Gasteiger partial charge in [-0.25, -0.2) is 4.39 Å². The zero-order valence-electron chi connectivity index (χ0n) is 7.60. The Bertz CT molecular complexity index is 217. The summed E-state index contributed by atoms with van der Waals surface area (Å²) in [6.45, 7) is 3.28. The molecule has 0 unspecified atom stereocenters. The van der Waals surface area contributed by atoms with Crippen molar-refractivity contribution >= 4 is 6.29 Å². The van der Waals surface area contributed by atoms with Gasteiger partial charge in [0.1, 0.15) is 5.83 Å². The molecule has 0 radical (unpaired) electrons. The second-order valence-corrected chi connectivity index (χ2v) is 1.85. The Morgan fingerprint density at radius 3 is 2.17 bits per heavy atom. The maximum atomic E-state index is 12.4. The predicted molar refractivity (Wildman–Crippen MR) is 43.5 cm³/mol. The summed E-state index contributed by atoms with van der Waals surface area (Å²) in [5.74, 6) is -0.361. The van der Waals surface area contributed by atoms with Crippen molar-refractivity contribution in [3.05, 3.63) is 35.7 Å². The van der Waals surface area contributed by atoms with Crippen molar-refractivity contribution in [3.63, 3.8) is 0 Å². The first kappa shape index (κ1) is 15.0. The minimum Gasteiger partial charge on any atom is -0.376 e. The van der Waals surface area contributed by atoms with Crippen molar-refractivity contribution in [1.29, 1.82) is 0 Å². The summed E-state index contributed by atoms with van der Waals surface area (Å²) in [6, 6.07) is 0. The van der Waals surface area contributed by atoms with E-state index in [9.17, 15) is 9.18 Å². The van der Waals surface area contributed by atoms with Gasteiger partial charge in [-0.05, 0) is 6.92 Å². The maximum absolute atomic E-state index is 12.4. The van der Waals surface area contributed by atoms with Gasteiger partial charge in [0.05, 0.1) is 6.29 Å². The van der Waals surface area contributed by atoms with Crippen molar-refractivity contribution in [1.82, 2.24) is 0 Å². The van der Waals surface area contributed by atoms with Gasteiger partial charge in [0.25, 0.3) is 0 Å². The molecule has 0 amide bonds. The Morgan fingerprint density at radius 2 is 1.83 bits per heavy atom. The summed E-state index contributed by atoms with van der Waals surface area (Å²) in [5.41, 5.74) is 0.349. The third-order valence-electron chi connectivity index (χ3n) is 1.13. The average molecular weight is 192 g/mol. The standard InChI is InChI=1S/C9H10FO.K/c1-3-8(7-11)5-6-9(10)4-2;/h3-6H,1-2H3;/q-1;+1/b6-5-,8-3+,9-4+;. The van der Waals surface area contributed by atoms with E-state index in [4.69, 9.17) is 0 Å². The molecule has 0 heterocycles. The summed E-state index contributed by atoms with van der Waals surface area (Å²) in [7, 11) is 0. The molecule has 0 aliphatic carbocycles. The van der Waals surface area contributed by atoms with E-state index < -0.39 is 0 Å². The molecule has 3 heteroatoms. The molecule has 0 bridgehead atoms. The molecule has 0 aliphatic heterocycles. The van der Waals surface area contributed by atoms with Crippen LogP contribution in [0.1, 0.15) is 13.8 Å². The molecule has 12 heavy (non-hydrogen) atoms. The van der Waals surface area contributed by atoms with Crippen molar-refractivity contribution in [2.45, 2.75) is 13.8 Å². The van der Waals surface area contributed by atoms with E-state index in [0.717, 1.165) is 0 Å². The Morgan fingerprint density at radius 1 is 1.25 bits per heavy atom. The molecule has 0 saturated carbocycles. The minimum absolute atomic E-state index is 0. The molecule has 0 aromatic rings. The monoisotopic (exact) mass is 192 g/mol. The van der Waals surface area contributed by atoms with Crippen LogP contribution in [0, 0.1) is 0 Å². The van der Waals surface area contributed by atoms with Gasteiger partial charge in [-0.2, -0.15) is 17.7 Å². The SMILES string of the molecule is C\C=C(F)/C=C\C([C-]=O)=C/C.[K+]. The van der Waals surface area contributed by atoms with Gasteiger partial charge >= 0.3 is 51.4 Å². The molecule has 0 aromatic carbocycles. The van der Waals surface area contributed by atoms with E-state index >= 15 is 0 Å². The molecule has 0 rings (SSSR count). The number of hydrogen-bond donors (Lipinski definition) is 0. The van der Waals surface area contributed by atoms with E-state index in [1.165, 1.54) is 18.2 Å². The minimum atomic E-state index is -0.361. The fraction of sp³-hybridized carbons (Fsp3) is 0.222. The van der Waals surface area contributed by atoms with Crippen molar-refractivity contribution in [3.8, 4) is 0 Å². The van der Waals surface area contributed by atoms with E-state index in [2.05, 4.69) is 0 Å². The number of halogens is 1. The van der Waals surface area contributed by atoms with E-state index in [1.54, 1.807) is 26.2 Å². The summed E-state index contributed by atoms with van der Waals surface area (Å²) < 4.78 is 12.4. The molecule has 0 saturated heterocycles. The molecule has 0 fully saturated rings. The van der Waals surface area contributed by atoms with E-state index in [-0.39, 0.29) is 57.2 Å². The van der Waals surface area contributed by atoms with Crippen LogP contribution in [0.4, 0.5) is 4.39 Å². The van der Waals surface area contributed by atoms with Crippen molar-refractivity contribution in [2.24, 2.45) is 0 Å². The Hall–Kier alpha value is 0.456. The third kappa shape index (κ3) is 7.12. The van der Waals surface area contributed by atoms with Crippen LogP contribution in [0.3, 0.4) is 0 Å². The van der Waals surface area contributed by atoms with Crippen LogP contribution in [0.2, 0.25) is 0 Å². The van der Waals surface area contributed by atoms with Crippen LogP contribution >= 0.6 is 0 Å². The van der Waals surface area contributed by atoms with Crippen LogP contribution in [0.25, 0.3) is 0 Å². The summed E-state index contributed by atoms with van der Waals surface area (Å²) in [4.78, 5) is 10.1. The fourth-order valence-corrected chi connectivity index (χ4v) is 0.455. The second kappa shape index (κ2) is 9.54. The largest absolute Gasteiger partial charge is 1.00 e. The topological polar surface area (TPSA) is 17.1 Å². The van der Waals surface area contributed by atoms with E-state index in [0.29, 0.717) is 5.57 Å². The quantitative estimate of drug-likeness (QED) is 0.254. The second-order valence-electron chi connectivity index (χ2n) is 1.85. The molecule has 0 aromatic heterocycles. The van der Waals surface area contributed by atoms with Crippen molar-refractivity contribution < 1.29 is 60.6 Å². The normalized spacial score (nSPS) is 12.9. The molecular weight excluding hydrogens is 182 g/mol. The predicted octanol–water partition coefficient (Wildman–Crippen LogP) is -0.524. The molecule has 0 atom stereocenters. The Balaban J connectivity index is 0. The molecule has 1 nitrogen and oxygen atoms in total. The van der Waals surface area contributed by atoms with Crippen LogP contribution in [0.15, 0.2) is 35.7 Å². The van der Waals surface area contributed by atoms with Gasteiger partial charge in [-0.15, -0.1) is 0 Å². The van der Waals surface area contributed by atoms with Crippen LogP contribution < -0.4 is 51.4 Å². The smallest absolute Gasteiger partial charge is 0.376 e. The van der Waals surface area contributed by atoms with Gasteiger partial charge in [-0.1, -0.05) is 19.1 Å². The molecule has 0 N–H and O–H groups in total. The zero-order valence-corrected chi connectivity index (χ0v) is 10.7. The Kier molecular flexibility index (Phi) is 11.9. The summed E-state index contributed by atoms with van der Waals surface area (Å²) in [6.07, 6.45) is 7.14. The molecule has 0 spiro atoms. The third-order valence-corrected chi connectivity index (χ3v) is 1.13. The number of allylic oxidation sites excluding steroid dienone is 6. The van der Waals surface area contributed by atoms with E-state index in [1.807, 2.05) is 0 Å². The van der Waals surface area contributed by atoms with Crippen LogP contribution in [0.5, 0.6) is 0 Å².